The fourth-order valence-electron chi connectivity index (χ4n) is 2.96. The van der Waals surface area contributed by atoms with E-state index in [-0.39, 0.29) is 0 Å². The van der Waals surface area contributed by atoms with Crippen molar-refractivity contribution in [3.8, 4) is 0 Å². The lowest BCUT2D eigenvalue weighted by Crippen LogP contribution is -2.69. The van der Waals surface area contributed by atoms with Gasteiger partial charge in [0, 0.05) is 0 Å². The fourth-order valence-corrected chi connectivity index (χ4v) is 6.82. The van der Waals surface area contributed by atoms with E-state index in [1.807, 2.05) is 91.0 Å². The third kappa shape index (κ3) is 3.83. The molecule has 0 saturated carbocycles. The minimum absolute atomic E-state index is 0.789. The number of hydrogen-bond acceptors (Lipinski definition) is 1. The van der Waals surface area contributed by atoms with E-state index in [1.54, 1.807) is 0 Å². The summed E-state index contributed by atoms with van der Waals surface area (Å²) in [4.78, 5) is 0. The van der Waals surface area contributed by atoms with Crippen LogP contribution in [-0.4, -0.2) is 21.1 Å². The summed E-state index contributed by atoms with van der Waals surface area (Å²) < 4.78 is 44.9. The Morgan fingerprint density at radius 1 is 0.600 bits per heavy atom. The molecule has 0 aliphatic carbocycles. The molecular formula is C20H17F3OSi. The quantitative estimate of drug-likeness (QED) is 0.503. The fraction of sp³-hybridized carbons (Fsp3) is 0.100. The topological polar surface area (TPSA) is 9.23 Å². The number of rotatable bonds is 5. The van der Waals surface area contributed by atoms with Crippen molar-refractivity contribution in [2.45, 2.75) is 6.18 Å². The molecule has 0 aliphatic rings. The Hall–Kier alpha value is -2.37. The van der Waals surface area contributed by atoms with Gasteiger partial charge in [-0.1, -0.05) is 91.0 Å². The average Bonchev–Trinajstić information content (AvgIpc) is 2.64. The van der Waals surface area contributed by atoms with Crippen LogP contribution in [0.25, 0.3) is 0 Å². The Morgan fingerprint density at radius 3 is 1.20 bits per heavy atom. The van der Waals surface area contributed by atoms with Gasteiger partial charge in [-0.05, 0) is 15.6 Å². The van der Waals surface area contributed by atoms with Crippen LogP contribution in [0.4, 0.5) is 13.2 Å². The highest BCUT2D eigenvalue weighted by atomic mass is 28.4. The lowest BCUT2D eigenvalue weighted by Gasteiger charge is -2.33. The Balaban J connectivity index is 2.24. The first kappa shape index (κ1) is 17.4. The van der Waals surface area contributed by atoms with Crippen LogP contribution < -0.4 is 15.6 Å². The number of benzene rings is 3. The van der Waals surface area contributed by atoms with Crippen LogP contribution in [0.15, 0.2) is 91.0 Å². The van der Waals surface area contributed by atoms with Gasteiger partial charge in [-0.3, -0.25) is 0 Å². The second-order valence-corrected chi connectivity index (χ2v) is 9.07. The van der Waals surface area contributed by atoms with Gasteiger partial charge >= 0.3 is 6.18 Å². The molecule has 0 N–H and O–H groups in total. The lowest BCUT2D eigenvalue weighted by atomic mass is 10.3. The van der Waals surface area contributed by atoms with Crippen molar-refractivity contribution in [3.05, 3.63) is 91.0 Å². The van der Waals surface area contributed by atoms with Crippen LogP contribution in [0.5, 0.6) is 0 Å². The predicted octanol–water partition coefficient (Wildman–Crippen LogP) is 3.23. The van der Waals surface area contributed by atoms with Crippen LogP contribution >= 0.6 is 0 Å². The van der Waals surface area contributed by atoms with Crippen molar-refractivity contribution < 1.29 is 17.6 Å². The zero-order valence-electron chi connectivity index (χ0n) is 13.4. The largest absolute Gasteiger partial charge is 0.410 e. The zero-order chi connectivity index (χ0) is 17.8. The van der Waals surface area contributed by atoms with E-state index in [4.69, 9.17) is 4.43 Å². The summed E-state index contributed by atoms with van der Waals surface area (Å²) in [7, 11) is -3.25. The molecule has 0 aromatic heterocycles. The smallest absolute Gasteiger partial charge is 0.395 e. The Bertz CT molecular complexity index is 693. The number of halogens is 3. The second-order valence-electron chi connectivity index (χ2n) is 5.68. The SMILES string of the molecule is FC(F)(F)CO[Si](c1ccccc1)(c1ccccc1)c1ccccc1. The molecule has 0 bridgehead atoms. The molecule has 0 unspecified atom stereocenters. The van der Waals surface area contributed by atoms with Crippen molar-refractivity contribution in [2.24, 2.45) is 0 Å². The standard InChI is InChI=1S/C20H17F3OSi/c21-20(22,23)16-24-25(17-10-4-1-5-11-17,18-12-6-2-7-13-18)19-14-8-3-9-15-19/h1-15H,16H2. The maximum atomic E-state index is 13.0. The molecule has 0 heterocycles. The Morgan fingerprint density at radius 2 is 0.920 bits per heavy atom. The van der Waals surface area contributed by atoms with Crippen LogP contribution in [0, 0.1) is 0 Å². The van der Waals surface area contributed by atoms with Crippen molar-refractivity contribution in [1.82, 2.24) is 0 Å². The van der Waals surface area contributed by atoms with Gasteiger partial charge in [-0.15, -0.1) is 0 Å². The monoisotopic (exact) mass is 358 g/mol. The summed E-state index contributed by atoms with van der Waals surface area (Å²) in [5.41, 5.74) is 0. The molecule has 25 heavy (non-hydrogen) atoms. The molecule has 5 heteroatoms. The van der Waals surface area contributed by atoms with Gasteiger partial charge in [-0.25, -0.2) is 0 Å². The molecule has 3 aromatic carbocycles. The minimum atomic E-state index is -4.39. The molecular weight excluding hydrogens is 341 g/mol. The van der Waals surface area contributed by atoms with Gasteiger partial charge < -0.3 is 4.43 Å². The summed E-state index contributed by atoms with van der Waals surface area (Å²) >= 11 is 0. The summed E-state index contributed by atoms with van der Waals surface area (Å²) in [6.45, 7) is -1.28. The van der Waals surface area contributed by atoms with E-state index in [1.165, 1.54) is 0 Å². The maximum Gasteiger partial charge on any atom is 0.410 e. The summed E-state index contributed by atoms with van der Waals surface area (Å²) in [6.07, 6.45) is -4.39. The van der Waals surface area contributed by atoms with Crippen molar-refractivity contribution in [1.29, 1.82) is 0 Å². The van der Waals surface area contributed by atoms with Gasteiger partial charge in [-0.2, -0.15) is 13.2 Å². The Labute approximate surface area is 145 Å². The van der Waals surface area contributed by atoms with Gasteiger partial charge in [0.05, 0.1) is 0 Å². The third-order valence-electron chi connectivity index (χ3n) is 3.99. The molecule has 128 valence electrons. The summed E-state index contributed by atoms with van der Waals surface area (Å²) in [6, 6.07) is 27.6. The summed E-state index contributed by atoms with van der Waals surface area (Å²) in [5.74, 6) is 0. The molecule has 0 saturated heterocycles. The van der Waals surface area contributed by atoms with E-state index in [2.05, 4.69) is 0 Å². The zero-order valence-corrected chi connectivity index (χ0v) is 14.4. The minimum Gasteiger partial charge on any atom is -0.395 e. The van der Waals surface area contributed by atoms with Crippen molar-refractivity contribution in [3.63, 3.8) is 0 Å². The molecule has 0 aliphatic heterocycles. The molecule has 0 radical (unpaired) electrons. The average molecular weight is 358 g/mol. The normalized spacial score (nSPS) is 12.1. The molecule has 3 aromatic rings. The molecule has 0 fully saturated rings. The molecule has 0 amide bonds. The van der Waals surface area contributed by atoms with E-state index in [9.17, 15) is 13.2 Å². The van der Waals surface area contributed by atoms with E-state index >= 15 is 0 Å². The molecule has 0 atom stereocenters. The van der Waals surface area contributed by atoms with E-state index in [0.717, 1.165) is 15.6 Å². The van der Waals surface area contributed by atoms with Gasteiger partial charge in [0.15, 0.2) is 0 Å². The highest BCUT2D eigenvalue weighted by Crippen LogP contribution is 2.18. The molecule has 1 nitrogen and oxygen atoms in total. The predicted molar refractivity (Wildman–Crippen MR) is 96.0 cm³/mol. The van der Waals surface area contributed by atoms with E-state index in [0.29, 0.717) is 0 Å². The van der Waals surface area contributed by atoms with Gasteiger partial charge in [0.2, 0.25) is 0 Å². The van der Waals surface area contributed by atoms with Gasteiger partial charge in [0.1, 0.15) is 6.61 Å². The van der Waals surface area contributed by atoms with Crippen LogP contribution in [0.3, 0.4) is 0 Å². The van der Waals surface area contributed by atoms with E-state index < -0.39 is 21.1 Å². The second kappa shape index (κ2) is 7.25. The highest BCUT2D eigenvalue weighted by Gasteiger charge is 2.44. The highest BCUT2D eigenvalue weighted by molar-refractivity contribution is 7.07. The van der Waals surface area contributed by atoms with Crippen LogP contribution in [-0.2, 0) is 4.43 Å². The molecule has 3 rings (SSSR count). The van der Waals surface area contributed by atoms with Crippen molar-refractivity contribution >= 4 is 23.9 Å². The van der Waals surface area contributed by atoms with Gasteiger partial charge in [0.25, 0.3) is 8.32 Å². The number of alkyl halides is 3. The first-order chi connectivity index (χ1) is 12.0. The Kier molecular flexibility index (Phi) is 5.06. The first-order valence-corrected chi connectivity index (χ1v) is 9.80. The summed E-state index contributed by atoms with van der Waals surface area (Å²) in [5, 5.41) is 2.37. The third-order valence-corrected chi connectivity index (χ3v) is 8.01. The number of hydrogen-bond donors (Lipinski definition) is 0. The molecule has 0 spiro atoms. The van der Waals surface area contributed by atoms with Crippen molar-refractivity contribution in [2.75, 3.05) is 6.61 Å². The van der Waals surface area contributed by atoms with Crippen LogP contribution in [0.2, 0.25) is 0 Å². The maximum absolute atomic E-state index is 13.0. The van der Waals surface area contributed by atoms with Crippen LogP contribution in [0.1, 0.15) is 0 Å². The first-order valence-electron chi connectivity index (χ1n) is 7.90. The lowest BCUT2D eigenvalue weighted by molar-refractivity contribution is -0.154.